The highest BCUT2D eigenvalue weighted by Gasteiger charge is 2.57. The fourth-order valence-corrected chi connectivity index (χ4v) is 7.44. The third kappa shape index (κ3) is 2.44. The predicted octanol–water partition coefficient (Wildman–Crippen LogP) is 6.49. The average molecular weight is 341 g/mol. The number of rotatable bonds is 3. The van der Waals surface area contributed by atoms with E-state index in [0.717, 1.165) is 11.8 Å². The van der Waals surface area contributed by atoms with E-state index in [-0.39, 0.29) is 5.92 Å². The fourth-order valence-electron chi connectivity index (χ4n) is 7.44. The van der Waals surface area contributed by atoms with Gasteiger partial charge in [0.05, 0.1) is 0 Å². The molecule has 0 amide bonds. The van der Waals surface area contributed by atoms with Crippen LogP contribution in [-0.2, 0) is 4.79 Å². The Kier molecular flexibility index (Phi) is 4.28. The molecule has 4 aliphatic rings. The first-order valence-corrected chi connectivity index (χ1v) is 10.9. The first-order chi connectivity index (χ1) is 11.9. The van der Waals surface area contributed by atoms with Gasteiger partial charge >= 0.3 is 0 Å². The molecule has 0 heterocycles. The number of carbonyl (C=O) groups excluding carboxylic acids is 1. The quantitative estimate of drug-likeness (QED) is 0.574. The minimum absolute atomic E-state index is 0.247. The topological polar surface area (TPSA) is 17.1 Å². The molecule has 0 unspecified atom stereocenters. The molecule has 0 aliphatic heterocycles. The van der Waals surface area contributed by atoms with Crippen LogP contribution in [0.2, 0.25) is 0 Å². The summed E-state index contributed by atoms with van der Waals surface area (Å²) in [5.41, 5.74) is 4.29. The van der Waals surface area contributed by atoms with E-state index >= 15 is 0 Å². The summed E-state index contributed by atoms with van der Waals surface area (Å²) in [6.45, 7) is 9.33. The third-order valence-electron chi connectivity index (χ3n) is 9.02. The van der Waals surface area contributed by atoms with E-state index in [9.17, 15) is 4.79 Å². The zero-order chi connectivity index (χ0) is 17.8. The maximum Gasteiger partial charge on any atom is 0.135 e. The van der Waals surface area contributed by atoms with E-state index < -0.39 is 0 Å². The van der Waals surface area contributed by atoms with Gasteiger partial charge in [-0.05, 0) is 73.5 Å². The summed E-state index contributed by atoms with van der Waals surface area (Å²) in [6, 6.07) is 0. The van der Waals surface area contributed by atoms with Crippen LogP contribution in [0.25, 0.3) is 0 Å². The van der Waals surface area contributed by atoms with Gasteiger partial charge in [0.25, 0.3) is 0 Å². The number of fused-ring (bicyclic) bond motifs is 5. The number of carbonyl (C=O) groups is 1. The van der Waals surface area contributed by atoms with Crippen LogP contribution in [0.5, 0.6) is 0 Å². The number of hydrogen-bond acceptors (Lipinski definition) is 1. The zero-order valence-corrected chi connectivity index (χ0v) is 16.7. The van der Waals surface area contributed by atoms with E-state index in [1.165, 1.54) is 51.4 Å². The van der Waals surface area contributed by atoms with Crippen molar-refractivity contribution in [2.75, 3.05) is 0 Å². The molecule has 0 aromatic rings. The highest BCUT2D eigenvalue weighted by Crippen LogP contribution is 2.65. The second-order valence-electron chi connectivity index (χ2n) is 9.93. The van der Waals surface area contributed by atoms with E-state index in [4.69, 9.17) is 0 Å². The maximum absolute atomic E-state index is 12.4. The summed E-state index contributed by atoms with van der Waals surface area (Å²) in [6.07, 6.45) is 16.5. The Morgan fingerprint density at radius 3 is 2.68 bits per heavy atom. The molecule has 0 N–H and O–H groups in total. The van der Waals surface area contributed by atoms with E-state index in [1.54, 1.807) is 11.1 Å². The Morgan fingerprint density at radius 1 is 1.12 bits per heavy atom. The van der Waals surface area contributed by atoms with Crippen molar-refractivity contribution >= 4 is 5.78 Å². The molecule has 25 heavy (non-hydrogen) atoms. The molecule has 4 aliphatic carbocycles. The van der Waals surface area contributed by atoms with Crippen LogP contribution in [-0.4, -0.2) is 5.78 Å². The Balaban J connectivity index is 1.66. The van der Waals surface area contributed by atoms with Crippen LogP contribution < -0.4 is 0 Å². The molecule has 1 heteroatoms. The minimum atomic E-state index is 0.247. The summed E-state index contributed by atoms with van der Waals surface area (Å²) in [4.78, 5) is 12.4. The predicted molar refractivity (Wildman–Crippen MR) is 104 cm³/mol. The molecule has 3 saturated carbocycles. The molecule has 1 nitrogen and oxygen atoms in total. The normalized spacial score (nSPS) is 44.1. The molecule has 0 radical (unpaired) electrons. The second kappa shape index (κ2) is 6.10. The lowest BCUT2D eigenvalue weighted by atomic mass is 9.50. The molecule has 0 bridgehead atoms. The summed E-state index contributed by atoms with van der Waals surface area (Å²) in [5.74, 6) is 2.82. The van der Waals surface area contributed by atoms with Crippen molar-refractivity contribution in [3.05, 3.63) is 23.3 Å². The van der Waals surface area contributed by atoms with Gasteiger partial charge in [0, 0.05) is 12.3 Å². The van der Waals surface area contributed by atoms with Crippen molar-refractivity contribution in [2.45, 2.75) is 85.5 Å². The van der Waals surface area contributed by atoms with Gasteiger partial charge in [0.1, 0.15) is 5.78 Å². The van der Waals surface area contributed by atoms with Crippen molar-refractivity contribution in [1.29, 1.82) is 0 Å². The van der Waals surface area contributed by atoms with Gasteiger partial charge in [-0.3, -0.25) is 4.79 Å². The van der Waals surface area contributed by atoms with Crippen LogP contribution in [0.4, 0.5) is 0 Å². The van der Waals surface area contributed by atoms with Crippen LogP contribution in [0, 0.1) is 34.5 Å². The van der Waals surface area contributed by atoms with Gasteiger partial charge in [0.2, 0.25) is 0 Å². The first kappa shape index (κ1) is 17.6. The molecule has 138 valence electrons. The summed E-state index contributed by atoms with van der Waals surface area (Å²) >= 11 is 0. The molecular formula is C24H36O. The molecule has 4 rings (SSSR count). The smallest absolute Gasteiger partial charge is 0.135 e. The zero-order valence-electron chi connectivity index (χ0n) is 16.7. The van der Waals surface area contributed by atoms with Crippen LogP contribution in [0.1, 0.15) is 85.5 Å². The van der Waals surface area contributed by atoms with E-state index in [1.807, 2.05) is 6.92 Å². The van der Waals surface area contributed by atoms with Crippen molar-refractivity contribution in [2.24, 2.45) is 34.5 Å². The van der Waals surface area contributed by atoms with E-state index in [2.05, 4.69) is 32.9 Å². The van der Waals surface area contributed by atoms with Gasteiger partial charge < -0.3 is 0 Å². The van der Waals surface area contributed by atoms with Crippen molar-refractivity contribution < 1.29 is 4.79 Å². The largest absolute Gasteiger partial charge is 0.299 e. The van der Waals surface area contributed by atoms with E-state index in [0.29, 0.717) is 29.0 Å². The van der Waals surface area contributed by atoms with Gasteiger partial charge in [-0.2, -0.15) is 0 Å². The van der Waals surface area contributed by atoms with Crippen molar-refractivity contribution in [3.63, 3.8) is 0 Å². The minimum Gasteiger partial charge on any atom is -0.299 e. The monoisotopic (exact) mass is 340 g/mol. The Labute approximate surface area is 154 Å². The standard InChI is InChI=1S/C24H36O/c1-5-22(25)16(2)19-11-12-20-18-10-9-17-8-6-7-14-23(17,3)21(18)13-15-24(19,20)4/h9-10,16,19-21H,5-8,11-15H2,1-4H3/t16-,19+,20-,21-,23-,24+/m0/s1. The molecule has 0 aromatic carbocycles. The van der Waals surface area contributed by atoms with Crippen LogP contribution in [0.15, 0.2) is 23.3 Å². The van der Waals surface area contributed by atoms with Gasteiger partial charge in [-0.15, -0.1) is 0 Å². The lowest BCUT2D eigenvalue weighted by Gasteiger charge is -2.54. The Hall–Kier alpha value is -0.850. The molecular weight excluding hydrogens is 304 g/mol. The Morgan fingerprint density at radius 2 is 1.92 bits per heavy atom. The number of ketones is 1. The van der Waals surface area contributed by atoms with Crippen LogP contribution >= 0.6 is 0 Å². The SMILES string of the molecule is CCC(=O)[C@@H](C)[C@H]1CC[C@H]2C3=CC=C4CCCC[C@]4(C)[C@H]3CC[C@]12C. The Bertz CT molecular complexity index is 626. The third-order valence-corrected chi connectivity index (χ3v) is 9.02. The van der Waals surface area contributed by atoms with Gasteiger partial charge in [-0.1, -0.05) is 57.4 Å². The molecule has 3 fully saturated rings. The number of Topliss-reactive ketones (excluding diaryl/α,β-unsaturated/α-hetero) is 1. The van der Waals surface area contributed by atoms with Gasteiger partial charge in [0.15, 0.2) is 0 Å². The lowest BCUT2D eigenvalue weighted by molar-refractivity contribution is -0.125. The highest BCUT2D eigenvalue weighted by molar-refractivity contribution is 5.80. The molecule has 0 saturated heterocycles. The van der Waals surface area contributed by atoms with Crippen molar-refractivity contribution in [3.8, 4) is 0 Å². The number of allylic oxidation sites excluding steroid dienone is 4. The highest BCUT2D eigenvalue weighted by atomic mass is 16.1. The fraction of sp³-hybridized carbons (Fsp3) is 0.792. The van der Waals surface area contributed by atoms with Crippen LogP contribution in [0.3, 0.4) is 0 Å². The average Bonchev–Trinajstić information content (AvgIpc) is 2.97. The lowest BCUT2D eigenvalue weighted by Crippen LogP contribution is -2.46. The summed E-state index contributed by atoms with van der Waals surface area (Å²) < 4.78 is 0. The molecule has 0 aromatic heterocycles. The summed E-state index contributed by atoms with van der Waals surface area (Å²) in [7, 11) is 0. The van der Waals surface area contributed by atoms with Gasteiger partial charge in [-0.25, -0.2) is 0 Å². The number of hydrogen-bond donors (Lipinski definition) is 0. The second-order valence-corrected chi connectivity index (χ2v) is 9.93. The van der Waals surface area contributed by atoms with Crippen molar-refractivity contribution in [1.82, 2.24) is 0 Å². The maximum atomic E-state index is 12.4. The summed E-state index contributed by atoms with van der Waals surface area (Å²) in [5, 5.41) is 0. The molecule has 6 atom stereocenters. The first-order valence-electron chi connectivity index (χ1n) is 10.9. The molecule has 0 spiro atoms.